The van der Waals surface area contributed by atoms with Crippen LogP contribution in [0.2, 0.25) is 5.02 Å². The molecule has 2 amide bonds. The number of carbonyl (C=O) groups excluding carboxylic acids is 2. The quantitative estimate of drug-likeness (QED) is 0.486. The van der Waals surface area contributed by atoms with Crippen LogP contribution in [-0.2, 0) is 17.5 Å². The van der Waals surface area contributed by atoms with Crippen molar-refractivity contribution in [1.29, 1.82) is 0 Å². The average Bonchev–Trinajstić information content (AvgIpc) is 3.14. The fraction of sp³-hybridized carbons (Fsp3) is 0.333. The summed E-state index contributed by atoms with van der Waals surface area (Å²) in [6.07, 6.45) is -3.89. The molecule has 1 atom stereocenters. The van der Waals surface area contributed by atoms with Crippen LogP contribution >= 0.6 is 11.6 Å². The number of carbonyl (C=O) groups is 2. The first-order valence-corrected chi connectivity index (χ1v) is 10.2. The van der Waals surface area contributed by atoms with E-state index in [4.69, 9.17) is 23.1 Å². The Labute approximate surface area is 187 Å². The lowest BCUT2D eigenvalue weighted by atomic mass is 10.1. The summed E-state index contributed by atoms with van der Waals surface area (Å²) < 4.78 is 38.6. The van der Waals surface area contributed by atoms with Crippen molar-refractivity contribution in [3.8, 4) is 0 Å². The predicted octanol–water partition coefficient (Wildman–Crippen LogP) is 2.64. The minimum atomic E-state index is -4.61. The lowest BCUT2D eigenvalue weighted by Gasteiger charge is -2.18. The summed E-state index contributed by atoms with van der Waals surface area (Å²) in [5, 5.41) is 5.69. The molecule has 172 valence electrons. The van der Waals surface area contributed by atoms with Crippen molar-refractivity contribution >= 4 is 34.8 Å². The van der Waals surface area contributed by atoms with E-state index in [2.05, 4.69) is 15.5 Å². The summed E-state index contributed by atoms with van der Waals surface area (Å²) in [5.74, 6) is -1.29. The van der Waals surface area contributed by atoms with Gasteiger partial charge >= 0.3 is 6.18 Å². The maximum atomic E-state index is 12.9. The first-order valence-electron chi connectivity index (χ1n) is 9.83. The van der Waals surface area contributed by atoms with Crippen LogP contribution in [0.1, 0.15) is 27.9 Å². The van der Waals surface area contributed by atoms with Crippen LogP contribution < -0.4 is 22.1 Å². The van der Waals surface area contributed by atoms with Gasteiger partial charge in [0.15, 0.2) is 0 Å². The molecule has 7 nitrogen and oxygen atoms in total. The number of amides is 2. The molecule has 1 aliphatic rings. The molecule has 32 heavy (non-hydrogen) atoms. The fourth-order valence-electron chi connectivity index (χ4n) is 3.51. The van der Waals surface area contributed by atoms with Crippen LogP contribution in [0.25, 0.3) is 0 Å². The van der Waals surface area contributed by atoms with Crippen molar-refractivity contribution in [2.45, 2.75) is 25.2 Å². The van der Waals surface area contributed by atoms with E-state index in [9.17, 15) is 22.8 Å². The van der Waals surface area contributed by atoms with Gasteiger partial charge in [0.1, 0.15) is 0 Å². The standard InChI is InChI=1S/C21H23ClF3N5O2/c22-14-3-1-12(18(27)8-14)10-30-6-5-15(11-30)29-19(31)9-28-20(32)16-7-13(21(23,24)25)2-4-17(16)26/h1-4,7-8,15H,5-6,9-11,26-27H2,(H,28,32)(H,29,31). The Morgan fingerprint density at radius 1 is 1.12 bits per heavy atom. The molecule has 0 aromatic heterocycles. The van der Waals surface area contributed by atoms with E-state index in [1.54, 1.807) is 12.1 Å². The molecule has 1 unspecified atom stereocenters. The molecule has 1 aliphatic heterocycles. The Kier molecular flexibility index (Phi) is 7.15. The van der Waals surface area contributed by atoms with Crippen LogP contribution in [0.5, 0.6) is 0 Å². The second-order valence-corrected chi connectivity index (χ2v) is 8.05. The number of rotatable bonds is 6. The number of nitrogens with zero attached hydrogens (tertiary/aromatic N) is 1. The van der Waals surface area contributed by atoms with Gasteiger partial charge < -0.3 is 22.1 Å². The summed E-state index contributed by atoms with van der Waals surface area (Å²) in [4.78, 5) is 26.6. The predicted molar refractivity (Wildman–Crippen MR) is 116 cm³/mol. The normalized spacial score (nSPS) is 16.7. The number of nitrogens with two attached hydrogens (primary N) is 2. The molecule has 2 aromatic carbocycles. The number of likely N-dealkylation sites (tertiary alicyclic amines) is 1. The molecule has 6 N–H and O–H groups in total. The summed E-state index contributed by atoms with van der Waals surface area (Å²) in [5.41, 5.74) is 11.7. The molecule has 0 spiro atoms. The Morgan fingerprint density at radius 2 is 1.88 bits per heavy atom. The van der Waals surface area contributed by atoms with Crippen LogP contribution in [0, 0.1) is 0 Å². The van der Waals surface area contributed by atoms with Gasteiger partial charge in [0.05, 0.1) is 17.7 Å². The number of benzene rings is 2. The van der Waals surface area contributed by atoms with Crippen molar-refractivity contribution < 1.29 is 22.8 Å². The molecule has 0 radical (unpaired) electrons. The number of nitrogens with one attached hydrogen (secondary N) is 2. The molecular weight excluding hydrogens is 447 g/mol. The molecule has 2 aromatic rings. The molecule has 0 aliphatic carbocycles. The van der Waals surface area contributed by atoms with E-state index in [1.807, 2.05) is 6.07 Å². The van der Waals surface area contributed by atoms with Crippen molar-refractivity contribution in [3.63, 3.8) is 0 Å². The molecule has 0 saturated carbocycles. The van der Waals surface area contributed by atoms with E-state index < -0.39 is 23.6 Å². The SMILES string of the molecule is Nc1cc(Cl)ccc1CN1CCC(NC(=O)CNC(=O)c2cc(C(F)(F)F)ccc2N)C1. The molecule has 1 fully saturated rings. The lowest BCUT2D eigenvalue weighted by Crippen LogP contribution is -2.43. The number of hydrogen-bond acceptors (Lipinski definition) is 5. The number of halogens is 4. The zero-order valence-electron chi connectivity index (χ0n) is 17.0. The Morgan fingerprint density at radius 3 is 2.56 bits per heavy atom. The smallest absolute Gasteiger partial charge is 0.398 e. The monoisotopic (exact) mass is 469 g/mol. The molecule has 11 heteroatoms. The summed E-state index contributed by atoms with van der Waals surface area (Å²) in [6.45, 7) is 1.58. The van der Waals surface area contributed by atoms with Crippen LogP contribution in [0.15, 0.2) is 36.4 Å². The number of nitrogen functional groups attached to an aromatic ring is 2. The highest BCUT2D eigenvalue weighted by molar-refractivity contribution is 6.30. The summed E-state index contributed by atoms with van der Waals surface area (Å²) in [6, 6.07) is 7.67. The van der Waals surface area contributed by atoms with Gasteiger partial charge in [-0.1, -0.05) is 17.7 Å². The molecular formula is C21H23ClF3N5O2. The second kappa shape index (κ2) is 9.66. The van der Waals surface area contributed by atoms with Gasteiger partial charge in [0.25, 0.3) is 5.91 Å². The van der Waals surface area contributed by atoms with Crippen molar-refractivity contribution in [1.82, 2.24) is 15.5 Å². The van der Waals surface area contributed by atoms with E-state index >= 15 is 0 Å². The Hall–Kier alpha value is -2.98. The summed E-state index contributed by atoms with van der Waals surface area (Å²) in [7, 11) is 0. The Bertz CT molecular complexity index is 1020. The average molecular weight is 470 g/mol. The van der Waals surface area contributed by atoms with Crippen molar-refractivity contribution in [2.24, 2.45) is 0 Å². The van der Waals surface area contributed by atoms with Crippen LogP contribution in [0.3, 0.4) is 0 Å². The van der Waals surface area contributed by atoms with Crippen LogP contribution in [0.4, 0.5) is 24.5 Å². The number of hydrogen-bond donors (Lipinski definition) is 4. The van der Waals surface area contributed by atoms with Gasteiger partial charge in [-0.25, -0.2) is 0 Å². The van der Waals surface area contributed by atoms with E-state index in [-0.39, 0.29) is 23.8 Å². The highest BCUT2D eigenvalue weighted by atomic mass is 35.5. The number of alkyl halides is 3. The summed E-state index contributed by atoms with van der Waals surface area (Å²) >= 11 is 5.91. The highest BCUT2D eigenvalue weighted by Gasteiger charge is 2.31. The molecule has 1 saturated heterocycles. The first-order chi connectivity index (χ1) is 15.0. The zero-order valence-corrected chi connectivity index (χ0v) is 17.8. The minimum Gasteiger partial charge on any atom is -0.398 e. The van der Waals surface area contributed by atoms with Gasteiger partial charge in [-0.3, -0.25) is 14.5 Å². The largest absolute Gasteiger partial charge is 0.416 e. The van der Waals surface area contributed by atoms with Gasteiger partial charge in [0.2, 0.25) is 5.91 Å². The third-order valence-corrected chi connectivity index (χ3v) is 5.41. The maximum Gasteiger partial charge on any atom is 0.416 e. The second-order valence-electron chi connectivity index (χ2n) is 7.61. The molecule has 1 heterocycles. The zero-order chi connectivity index (χ0) is 23.5. The van der Waals surface area contributed by atoms with Gasteiger partial charge in [-0.05, 0) is 42.3 Å². The Balaban J connectivity index is 1.49. The molecule has 3 rings (SSSR count). The van der Waals surface area contributed by atoms with Crippen LogP contribution in [-0.4, -0.2) is 42.4 Å². The topological polar surface area (TPSA) is 113 Å². The van der Waals surface area contributed by atoms with E-state index in [0.717, 1.165) is 24.2 Å². The van der Waals surface area contributed by atoms with E-state index in [0.29, 0.717) is 36.3 Å². The fourth-order valence-corrected chi connectivity index (χ4v) is 3.69. The minimum absolute atomic E-state index is 0.108. The third-order valence-electron chi connectivity index (χ3n) is 5.17. The van der Waals surface area contributed by atoms with Gasteiger partial charge in [-0.2, -0.15) is 13.2 Å². The van der Waals surface area contributed by atoms with Crippen molar-refractivity contribution in [2.75, 3.05) is 31.1 Å². The lowest BCUT2D eigenvalue weighted by molar-refractivity contribution is -0.137. The van der Waals surface area contributed by atoms with E-state index in [1.165, 1.54) is 0 Å². The van der Waals surface area contributed by atoms with Crippen molar-refractivity contribution in [3.05, 3.63) is 58.1 Å². The maximum absolute atomic E-state index is 12.9. The molecule has 0 bridgehead atoms. The number of anilines is 2. The highest BCUT2D eigenvalue weighted by Crippen LogP contribution is 2.31. The third kappa shape index (κ3) is 6.04. The first kappa shape index (κ1) is 23.7. The van der Waals surface area contributed by atoms with Gasteiger partial charge in [0, 0.05) is 42.1 Å². The van der Waals surface area contributed by atoms with Gasteiger partial charge in [-0.15, -0.1) is 0 Å².